The Morgan fingerprint density at radius 1 is 1.38 bits per heavy atom. The van der Waals surface area contributed by atoms with E-state index in [9.17, 15) is 4.79 Å². The molecule has 1 aliphatic carbocycles. The normalized spacial score (nSPS) is 40.2. The minimum atomic E-state index is -0.647. The molecule has 2 aliphatic rings. The van der Waals surface area contributed by atoms with Crippen molar-refractivity contribution in [2.24, 2.45) is 23.7 Å². The number of fused-ring (bicyclic) bond motifs is 1. The Kier molecular flexibility index (Phi) is 2.28. The van der Waals surface area contributed by atoms with Crippen LogP contribution in [0.15, 0.2) is 0 Å². The van der Waals surface area contributed by atoms with Gasteiger partial charge < -0.3 is 9.84 Å². The molecule has 0 aromatic heterocycles. The second-order valence-electron chi connectivity index (χ2n) is 4.42. The van der Waals surface area contributed by atoms with E-state index in [0.717, 1.165) is 26.1 Å². The average molecular weight is 184 g/mol. The van der Waals surface area contributed by atoms with Crippen molar-refractivity contribution in [2.45, 2.75) is 19.8 Å². The van der Waals surface area contributed by atoms with Gasteiger partial charge in [0.15, 0.2) is 0 Å². The molecule has 3 nitrogen and oxygen atoms in total. The van der Waals surface area contributed by atoms with Gasteiger partial charge in [-0.2, -0.15) is 0 Å². The maximum absolute atomic E-state index is 10.8. The molecule has 74 valence electrons. The number of ether oxygens (including phenoxy) is 1. The molecule has 1 N–H and O–H groups in total. The van der Waals surface area contributed by atoms with E-state index in [0.29, 0.717) is 17.8 Å². The van der Waals surface area contributed by atoms with Crippen LogP contribution in [0.5, 0.6) is 0 Å². The first-order valence-electron chi connectivity index (χ1n) is 4.99. The summed E-state index contributed by atoms with van der Waals surface area (Å²) in [4.78, 5) is 10.8. The zero-order valence-electron chi connectivity index (χ0n) is 7.90. The van der Waals surface area contributed by atoms with Crippen molar-refractivity contribution < 1.29 is 14.6 Å². The molecule has 2 fully saturated rings. The molecule has 0 amide bonds. The van der Waals surface area contributed by atoms with Crippen LogP contribution in [0.4, 0.5) is 0 Å². The van der Waals surface area contributed by atoms with Gasteiger partial charge in [-0.05, 0) is 30.6 Å². The van der Waals surface area contributed by atoms with Gasteiger partial charge in [0.2, 0.25) is 0 Å². The molecule has 3 atom stereocenters. The minimum Gasteiger partial charge on any atom is -0.481 e. The van der Waals surface area contributed by atoms with Gasteiger partial charge in [-0.3, -0.25) is 4.79 Å². The highest BCUT2D eigenvalue weighted by atomic mass is 16.5. The molecule has 13 heavy (non-hydrogen) atoms. The van der Waals surface area contributed by atoms with Crippen LogP contribution in [0.25, 0.3) is 0 Å². The number of carboxylic acids is 1. The third-order valence-corrected chi connectivity index (χ3v) is 3.64. The molecule has 3 unspecified atom stereocenters. The van der Waals surface area contributed by atoms with E-state index in [1.165, 1.54) is 0 Å². The molecule has 1 aliphatic heterocycles. The van der Waals surface area contributed by atoms with Crippen molar-refractivity contribution in [3.63, 3.8) is 0 Å². The van der Waals surface area contributed by atoms with Crippen LogP contribution in [0.1, 0.15) is 19.8 Å². The molecular weight excluding hydrogens is 168 g/mol. The number of hydrogen-bond donors (Lipinski definition) is 1. The van der Waals surface area contributed by atoms with Crippen LogP contribution >= 0.6 is 0 Å². The Hall–Kier alpha value is -0.570. The summed E-state index contributed by atoms with van der Waals surface area (Å²) in [7, 11) is 0. The van der Waals surface area contributed by atoms with E-state index in [-0.39, 0.29) is 5.92 Å². The summed E-state index contributed by atoms with van der Waals surface area (Å²) < 4.78 is 5.35. The Balaban J connectivity index is 1.95. The van der Waals surface area contributed by atoms with Crippen molar-refractivity contribution in [2.75, 3.05) is 13.2 Å². The van der Waals surface area contributed by atoms with Crippen molar-refractivity contribution in [1.82, 2.24) is 0 Å². The van der Waals surface area contributed by atoms with Crippen LogP contribution in [0.3, 0.4) is 0 Å². The predicted octanol–water partition coefficient (Wildman–Crippen LogP) is 1.38. The van der Waals surface area contributed by atoms with E-state index in [2.05, 4.69) is 0 Å². The lowest BCUT2D eigenvalue weighted by molar-refractivity contribution is -0.143. The van der Waals surface area contributed by atoms with Gasteiger partial charge in [-0.25, -0.2) is 0 Å². The van der Waals surface area contributed by atoms with E-state index < -0.39 is 5.97 Å². The fourth-order valence-electron chi connectivity index (χ4n) is 2.65. The second kappa shape index (κ2) is 3.29. The molecule has 1 heterocycles. The number of aliphatic carboxylic acids is 1. The van der Waals surface area contributed by atoms with Crippen LogP contribution < -0.4 is 0 Å². The fourth-order valence-corrected chi connectivity index (χ4v) is 2.65. The summed E-state index contributed by atoms with van der Waals surface area (Å²) in [5.74, 6) is 0.853. The van der Waals surface area contributed by atoms with Crippen LogP contribution in [-0.2, 0) is 9.53 Å². The number of rotatable bonds is 2. The molecule has 0 aromatic rings. The third kappa shape index (κ3) is 1.57. The predicted molar refractivity (Wildman–Crippen MR) is 47.3 cm³/mol. The van der Waals surface area contributed by atoms with Gasteiger partial charge in [0.05, 0.1) is 5.92 Å². The maximum Gasteiger partial charge on any atom is 0.306 e. The summed E-state index contributed by atoms with van der Waals surface area (Å²) in [5.41, 5.74) is 0. The van der Waals surface area contributed by atoms with Crippen molar-refractivity contribution in [3.05, 3.63) is 0 Å². The number of carbonyl (C=O) groups is 1. The van der Waals surface area contributed by atoms with E-state index in [1.54, 1.807) is 0 Å². The summed E-state index contributed by atoms with van der Waals surface area (Å²) in [6.07, 6.45) is 2.11. The number of hydrogen-bond acceptors (Lipinski definition) is 2. The first-order chi connectivity index (χ1) is 6.18. The molecule has 2 rings (SSSR count). The topological polar surface area (TPSA) is 46.5 Å². The van der Waals surface area contributed by atoms with Gasteiger partial charge >= 0.3 is 5.97 Å². The largest absolute Gasteiger partial charge is 0.481 e. The van der Waals surface area contributed by atoms with Gasteiger partial charge in [-0.1, -0.05) is 6.92 Å². The Labute approximate surface area is 78.1 Å². The van der Waals surface area contributed by atoms with Gasteiger partial charge in [0.1, 0.15) is 0 Å². The fraction of sp³-hybridized carbons (Fsp3) is 0.900. The minimum absolute atomic E-state index is 0.175. The Morgan fingerprint density at radius 3 is 2.38 bits per heavy atom. The Bertz CT molecular complexity index is 202. The summed E-state index contributed by atoms with van der Waals surface area (Å²) in [5, 5.41) is 8.87. The lowest BCUT2D eigenvalue weighted by Gasteiger charge is -2.15. The zero-order chi connectivity index (χ0) is 9.42. The van der Waals surface area contributed by atoms with Crippen LogP contribution in [0, 0.1) is 23.7 Å². The quantitative estimate of drug-likeness (QED) is 0.705. The standard InChI is InChI=1S/C10H16O3/c1-6(10(11)12)7-2-8-4-13-5-9(8)3-7/h6-9H,2-5H2,1H3,(H,11,12). The van der Waals surface area contributed by atoms with E-state index in [4.69, 9.17) is 9.84 Å². The van der Waals surface area contributed by atoms with Gasteiger partial charge in [0, 0.05) is 13.2 Å². The van der Waals surface area contributed by atoms with Crippen molar-refractivity contribution in [1.29, 1.82) is 0 Å². The molecule has 0 spiro atoms. The lowest BCUT2D eigenvalue weighted by atomic mass is 9.91. The highest BCUT2D eigenvalue weighted by Crippen LogP contribution is 2.43. The highest BCUT2D eigenvalue weighted by Gasteiger charge is 2.41. The van der Waals surface area contributed by atoms with Crippen molar-refractivity contribution in [3.8, 4) is 0 Å². The molecule has 0 aromatic carbocycles. The van der Waals surface area contributed by atoms with Crippen LogP contribution in [-0.4, -0.2) is 24.3 Å². The Morgan fingerprint density at radius 2 is 1.92 bits per heavy atom. The molecule has 0 bridgehead atoms. The van der Waals surface area contributed by atoms with E-state index in [1.807, 2.05) is 6.92 Å². The highest BCUT2D eigenvalue weighted by molar-refractivity contribution is 5.69. The number of carboxylic acid groups (broad SMARTS) is 1. The first-order valence-corrected chi connectivity index (χ1v) is 4.99. The first kappa shape index (κ1) is 9.00. The van der Waals surface area contributed by atoms with E-state index >= 15 is 0 Å². The smallest absolute Gasteiger partial charge is 0.306 e. The average Bonchev–Trinajstić information content (AvgIpc) is 2.59. The second-order valence-corrected chi connectivity index (χ2v) is 4.42. The lowest BCUT2D eigenvalue weighted by Crippen LogP contribution is -2.19. The summed E-state index contributed by atoms with van der Waals surface area (Å²) in [6.45, 7) is 3.54. The molecule has 0 radical (unpaired) electrons. The molecule has 1 saturated carbocycles. The zero-order valence-corrected chi connectivity index (χ0v) is 7.90. The summed E-state index contributed by atoms with van der Waals surface area (Å²) in [6, 6.07) is 0. The molecule has 1 saturated heterocycles. The maximum atomic E-state index is 10.8. The van der Waals surface area contributed by atoms with Crippen molar-refractivity contribution >= 4 is 5.97 Å². The molecular formula is C10H16O3. The summed E-state index contributed by atoms with van der Waals surface area (Å²) >= 11 is 0. The monoisotopic (exact) mass is 184 g/mol. The van der Waals surface area contributed by atoms with Crippen LogP contribution in [0.2, 0.25) is 0 Å². The third-order valence-electron chi connectivity index (χ3n) is 3.64. The SMILES string of the molecule is CC(C(=O)O)C1CC2COCC2C1. The molecule has 3 heteroatoms. The van der Waals surface area contributed by atoms with Gasteiger partial charge in [0.25, 0.3) is 0 Å². The van der Waals surface area contributed by atoms with Gasteiger partial charge in [-0.15, -0.1) is 0 Å².